The van der Waals surface area contributed by atoms with Crippen molar-refractivity contribution < 1.29 is 17.9 Å². The van der Waals surface area contributed by atoms with Crippen molar-refractivity contribution in [2.24, 2.45) is 0 Å². The predicted octanol–water partition coefficient (Wildman–Crippen LogP) is 5.22. The summed E-state index contributed by atoms with van der Waals surface area (Å²) in [4.78, 5) is 21.9. The third-order valence-electron chi connectivity index (χ3n) is 6.76. The minimum atomic E-state index is -3.69. The standard InChI is InChI=1S/C29H28ClN3O4S/c1-37-26-10-3-2-9-25(26)32-15-6-16-33(18-17-32)29(34)23-13-12-21(19-24(23)30)20-38(35,36)27-11-4-7-22-8-5-14-31-28(22)27/h2-5,7-14,19H,6,15-18,20H2,1H3. The summed E-state index contributed by atoms with van der Waals surface area (Å²) in [5, 5.41) is 0.999. The van der Waals surface area contributed by atoms with Gasteiger partial charge in [0.25, 0.3) is 5.91 Å². The number of hydrogen-bond donors (Lipinski definition) is 0. The summed E-state index contributed by atoms with van der Waals surface area (Å²) in [5.74, 6) is 0.402. The van der Waals surface area contributed by atoms with Crippen LogP contribution in [-0.2, 0) is 15.6 Å². The average Bonchev–Trinajstić information content (AvgIpc) is 3.18. The van der Waals surface area contributed by atoms with Crippen molar-refractivity contribution in [2.45, 2.75) is 17.1 Å². The largest absolute Gasteiger partial charge is 0.495 e. The molecule has 1 fully saturated rings. The van der Waals surface area contributed by atoms with Crippen molar-refractivity contribution in [2.75, 3.05) is 38.2 Å². The number of para-hydroxylation sites is 3. The summed E-state index contributed by atoms with van der Waals surface area (Å²) in [5.41, 5.74) is 2.33. The second kappa shape index (κ2) is 11.0. The number of carbonyl (C=O) groups excluding carboxylic acids is 1. The van der Waals surface area contributed by atoms with Gasteiger partial charge in [-0.1, -0.05) is 48.0 Å². The average molecular weight is 550 g/mol. The first kappa shape index (κ1) is 26.0. The van der Waals surface area contributed by atoms with Crippen LogP contribution in [-0.4, -0.2) is 57.5 Å². The summed E-state index contributed by atoms with van der Waals surface area (Å²) in [6.45, 7) is 2.61. The molecule has 7 nitrogen and oxygen atoms in total. The highest BCUT2D eigenvalue weighted by molar-refractivity contribution is 7.90. The van der Waals surface area contributed by atoms with E-state index in [0.717, 1.165) is 29.8 Å². The molecule has 38 heavy (non-hydrogen) atoms. The fourth-order valence-electron chi connectivity index (χ4n) is 4.87. The van der Waals surface area contributed by atoms with Gasteiger partial charge in [0.2, 0.25) is 0 Å². The van der Waals surface area contributed by atoms with Gasteiger partial charge in [0.15, 0.2) is 9.84 Å². The first-order chi connectivity index (χ1) is 18.4. The molecular formula is C29H28ClN3O4S. The van der Waals surface area contributed by atoms with E-state index in [-0.39, 0.29) is 21.6 Å². The lowest BCUT2D eigenvalue weighted by atomic mass is 10.1. The molecule has 0 aliphatic carbocycles. The van der Waals surface area contributed by atoms with Crippen LogP contribution >= 0.6 is 11.6 Å². The van der Waals surface area contributed by atoms with Gasteiger partial charge in [-0.2, -0.15) is 0 Å². The third kappa shape index (κ3) is 5.33. The van der Waals surface area contributed by atoms with Gasteiger partial charge in [0, 0.05) is 37.8 Å². The Kier molecular flexibility index (Phi) is 7.53. The topological polar surface area (TPSA) is 79.8 Å². The summed E-state index contributed by atoms with van der Waals surface area (Å²) in [7, 11) is -2.03. The van der Waals surface area contributed by atoms with Crippen LogP contribution in [0.3, 0.4) is 0 Å². The van der Waals surface area contributed by atoms with Crippen LogP contribution in [0.15, 0.2) is 83.9 Å². The van der Waals surface area contributed by atoms with E-state index in [1.54, 1.807) is 54.6 Å². The molecule has 0 saturated carbocycles. The second-order valence-corrected chi connectivity index (χ2v) is 11.6. The molecule has 0 bridgehead atoms. The van der Waals surface area contributed by atoms with E-state index in [1.165, 1.54) is 0 Å². The van der Waals surface area contributed by atoms with Crippen LogP contribution in [0.25, 0.3) is 10.9 Å². The number of halogens is 1. The zero-order chi connectivity index (χ0) is 26.7. The molecule has 9 heteroatoms. The number of ether oxygens (including phenoxy) is 1. The Morgan fingerprint density at radius 3 is 2.61 bits per heavy atom. The minimum Gasteiger partial charge on any atom is -0.495 e. The summed E-state index contributed by atoms with van der Waals surface area (Å²) in [6.07, 6.45) is 2.38. The number of anilines is 1. The maximum Gasteiger partial charge on any atom is 0.255 e. The van der Waals surface area contributed by atoms with Crippen molar-refractivity contribution >= 4 is 43.9 Å². The Morgan fingerprint density at radius 1 is 0.974 bits per heavy atom. The molecule has 5 rings (SSSR count). The summed E-state index contributed by atoms with van der Waals surface area (Å²) in [6, 6.07) is 21.4. The van der Waals surface area contributed by atoms with Gasteiger partial charge < -0.3 is 14.5 Å². The third-order valence-corrected chi connectivity index (χ3v) is 8.79. The molecule has 1 aliphatic rings. The molecule has 0 spiro atoms. The number of methoxy groups -OCH3 is 1. The Labute approximate surface area is 227 Å². The highest BCUT2D eigenvalue weighted by Gasteiger charge is 2.25. The van der Waals surface area contributed by atoms with Gasteiger partial charge in [-0.05, 0) is 48.4 Å². The maximum atomic E-state index is 13.4. The van der Waals surface area contributed by atoms with E-state index >= 15 is 0 Å². The van der Waals surface area contributed by atoms with Crippen molar-refractivity contribution in [3.05, 3.63) is 95.1 Å². The lowest BCUT2D eigenvalue weighted by molar-refractivity contribution is 0.0767. The Hall–Kier alpha value is -3.62. The highest BCUT2D eigenvalue weighted by Crippen LogP contribution is 2.30. The van der Waals surface area contributed by atoms with Gasteiger partial charge >= 0.3 is 0 Å². The molecule has 1 aliphatic heterocycles. The number of aromatic nitrogens is 1. The molecule has 196 valence electrons. The van der Waals surface area contributed by atoms with E-state index in [0.29, 0.717) is 36.3 Å². The molecule has 1 saturated heterocycles. The van der Waals surface area contributed by atoms with E-state index in [9.17, 15) is 13.2 Å². The predicted molar refractivity (Wildman–Crippen MR) is 150 cm³/mol. The van der Waals surface area contributed by atoms with Crippen LogP contribution in [0, 0.1) is 0 Å². The number of sulfone groups is 1. The number of hydrogen-bond acceptors (Lipinski definition) is 6. The van der Waals surface area contributed by atoms with Crippen molar-refractivity contribution in [3.8, 4) is 5.75 Å². The number of rotatable bonds is 6. The first-order valence-corrected chi connectivity index (χ1v) is 14.4. The SMILES string of the molecule is COc1ccccc1N1CCCN(C(=O)c2ccc(CS(=O)(=O)c3cccc4cccnc34)cc2Cl)CC1. The molecule has 3 aromatic carbocycles. The molecular weight excluding hydrogens is 522 g/mol. The first-order valence-electron chi connectivity index (χ1n) is 12.4. The summed E-state index contributed by atoms with van der Waals surface area (Å²) >= 11 is 6.54. The van der Waals surface area contributed by atoms with Crippen LogP contribution in [0.1, 0.15) is 22.3 Å². The van der Waals surface area contributed by atoms with E-state index in [1.807, 2.05) is 36.4 Å². The van der Waals surface area contributed by atoms with Crippen LogP contribution < -0.4 is 9.64 Å². The minimum absolute atomic E-state index is 0.162. The molecule has 0 unspecified atom stereocenters. The zero-order valence-electron chi connectivity index (χ0n) is 21.0. The second-order valence-electron chi connectivity index (χ2n) is 9.21. The molecule has 2 heterocycles. The molecule has 1 amide bonds. The number of benzene rings is 3. The Balaban J connectivity index is 1.31. The fourth-order valence-corrected chi connectivity index (χ4v) is 6.68. The number of pyridine rings is 1. The number of carbonyl (C=O) groups is 1. The fraction of sp³-hybridized carbons (Fsp3) is 0.241. The van der Waals surface area contributed by atoms with Gasteiger partial charge in [0.1, 0.15) is 5.75 Å². The normalized spacial score (nSPS) is 14.4. The molecule has 0 N–H and O–H groups in total. The Bertz CT molecular complexity index is 1590. The smallest absolute Gasteiger partial charge is 0.255 e. The van der Waals surface area contributed by atoms with E-state index in [2.05, 4.69) is 9.88 Å². The molecule has 1 aromatic heterocycles. The number of nitrogens with zero attached hydrogens (tertiary/aromatic N) is 3. The van der Waals surface area contributed by atoms with Crippen molar-refractivity contribution in [3.63, 3.8) is 0 Å². The molecule has 4 aromatic rings. The van der Waals surface area contributed by atoms with Gasteiger partial charge in [0.05, 0.1) is 39.5 Å². The van der Waals surface area contributed by atoms with E-state index in [4.69, 9.17) is 16.3 Å². The summed E-state index contributed by atoms with van der Waals surface area (Å²) < 4.78 is 32.0. The van der Waals surface area contributed by atoms with E-state index < -0.39 is 9.84 Å². The van der Waals surface area contributed by atoms with Gasteiger partial charge in [-0.3, -0.25) is 9.78 Å². The van der Waals surface area contributed by atoms with Crippen LogP contribution in [0.2, 0.25) is 5.02 Å². The van der Waals surface area contributed by atoms with Gasteiger partial charge in [-0.15, -0.1) is 0 Å². The number of amides is 1. The quantitative estimate of drug-likeness (QED) is 0.328. The zero-order valence-corrected chi connectivity index (χ0v) is 22.6. The van der Waals surface area contributed by atoms with Crippen LogP contribution in [0.5, 0.6) is 5.75 Å². The van der Waals surface area contributed by atoms with Gasteiger partial charge in [-0.25, -0.2) is 8.42 Å². The maximum absolute atomic E-state index is 13.4. The van der Waals surface area contributed by atoms with Crippen molar-refractivity contribution in [1.29, 1.82) is 0 Å². The molecule has 0 radical (unpaired) electrons. The monoisotopic (exact) mass is 549 g/mol. The Morgan fingerprint density at radius 2 is 1.79 bits per heavy atom. The van der Waals surface area contributed by atoms with Crippen LogP contribution in [0.4, 0.5) is 5.69 Å². The van der Waals surface area contributed by atoms with Crippen molar-refractivity contribution in [1.82, 2.24) is 9.88 Å². The highest BCUT2D eigenvalue weighted by atomic mass is 35.5. The number of fused-ring (bicyclic) bond motifs is 1. The lowest BCUT2D eigenvalue weighted by Crippen LogP contribution is -2.35. The lowest BCUT2D eigenvalue weighted by Gasteiger charge is -2.25. The molecule has 0 atom stereocenters.